The minimum Gasteiger partial charge on any atom is -0.371 e. The highest BCUT2D eigenvalue weighted by Gasteiger charge is 2.34. The summed E-state index contributed by atoms with van der Waals surface area (Å²) < 4.78 is 1.19. The molecule has 0 bridgehead atoms. The van der Waals surface area contributed by atoms with Crippen LogP contribution in [0.25, 0.3) is 0 Å². The molecule has 0 aliphatic carbocycles. The van der Waals surface area contributed by atoms with Crippen molar-refractivity contribution >= 4 is 21.6 Å². The molecule has 2 nitrogen and oxygen atoms in total. The molecule has 0 spiro atoms. The third-order valence-electron chi connectivity index (χ3n) is 4.59. The van der Waals surface area contributed by atoms with Crippen molar-refractivity contribution in [2.45, 2.75) is 33.6 Å². The van der Waals surface area contributed by atoms with Gasteiger partial charge in [0.2, 0.25) is 0 Å². The van der Waals surface area contributed by atoms with E-state index in [1.165, 1.54) is 22.1 Å². The van der Waals surface area contributed by atoms with Crippen LogP contribution in [0.15, 0.2) is 22.7 Å². The molecule has 1 aromatic carbocycles. The number of halogens is 1. The summed E-state index contributed by atoms with van der Waals surface area (Å²) in [6.07, 6.45) is 2.37. The fourth-order valence-corrected chi connectivity index (χ4v) is 3.22. The number of hydrogen-bond donors (Lipinski definition) is 1. The molecule has 0 aromatic heterocycles. The van der Waals surface area contributed by atoms with Gasteiger partial charge in [0.25, 0.3) is 0 Å². The number of nitrogens with two attached hydrogens (primary N) is 1. The molecule has 2 N–H and O–H groups in total. The molecule has 1 fully saturated rings. The van der Waals surface area contributed by atoms with Crippen molar-refractivity contribution in [2.75, 3.05) is 24.5 Å². The van der Waals surface area contributed by atoms with Crippen LogP contribution in [0.5, 0.6) is 0 Å². The zero-order valence-electron chi connectivity index (χ0n) is 12.2. The first-order valence-electron chi connectivity index (χ1n) is 7.15. The molecule has 1 aliphatic heterocycles. The van der Waals surface area contributed by atoms with E-state index in [0.29, 0.717) is 11.3 Å². The highest BCUT2D eigenvalue weighted by atomic mass is 79.9. The fraction of sp³-hybridized carbons (Fsp3) is 0.625. The van der Waals surface area contributed by atoms with Gasteiger partial charge in [-0.1, -0.05) is 29.8 Å². The maximum Gasteiger partial charge on any atom is 0.0369 e. The molecule has 1 aliphatic rings. The zero-order chi connectivity index (χ0) is 14.0. The number of hydrogen-bond acceptors (Lipinski definition) is 2. The quantitative estimate of drug-likeness (QED) is 0.911. The highest BCUT2D eigenvalue weighted by Crippen LogP contribution is 2.39. The second kappa shape index (κ2) is 5.84. The molecule has 106 valence electrons. The molecular weight excluding hydrogens is 300 g/mol. The van der Waals surface area contributed by atoms with Crippen LogP contribution in [0, 0.1) is 18.3 Å². The minimum absolute atomic E-state index is 0.417. The number of aryl methyl sites for hydroxylation is 1. The maximum atomic E-state index is 5.78. The molecule has 1 saturated heterocycles. The second-order valence-corrected chi connectivity index (χ2v) is 7.25. The number of rotatable bonds is 3. The topological polar surface area (TPSA) is 29.3 Å². The van der Waals surface area contributed by atoms with Crippen LogP contribution in [0.2, 0.25) is 0 Å². The van der Waals surface area contributed by atoms with Crippen LogP contribution in [0.4, 0.5) is 5.69 Å². The fourth-order valence-electron chi connectivity index (χ4n) is 2.97. The number of anilines is 1. The number of benzene rings is 1. The lowest BCUT2D eigenvalue weighted by molar-refractivity contribution is 0.163. The summed E-state index contributed by atoms with van der Waals surface area (Å²) >= 11 is 3.57. The van der Waals surface area contributed by atoms with Crippen molar-refractivity contribution in [1.82, 2.24) is 0 Å². The number of nitrogens with zero attached hydrogens (tertiary/aromatic N) is 1. The Morgan fingerprint density at radius 1 is 1.42 bits per heavy atom. The van der Waals surface area contributed by atoms with Crippen molar-refractivity contribution in [3.8, 4) is 0 Å². The SMILES string of the molecule is Cc1cc(N2CCC(C)(C)C(CCN)C2)ccc1Br. The lowest BCUT2D eigenvalue weighted by Crippen LogP contribution is -2.45. The van der Waals surface area contributed by atoms with Gasteiger partial charge in [0.05, 0.1) is 0 Å². The summed E-state index contributed by atoms with van der Waals surface area (Å²) in [6.45, 7) is 10.00. The van der Waals surface area contributed by atoms with Crippen LogP contribution in [0.1, 0.15) is 32.3 Å². The van der Waals surface area contributed by atoms with Gasteiger partial charge in [-0.15, -0.1) is 0 Å². The van der Waals surface area contributed by atoms with Crippen molar-refractivity contribution < 1.29 is 0 Å². The van der Waals surface area contributed by atoms with Gasteiger partial charge >= 0.3 is 0 Å². The van der Waals surface area contributed by atoms with Crippen LogP contribution in [0.3, 0.4) is 0 Å². The minimum atomic E-state index is 0.417. The molecule has 3 heteroatoms. The summed E-state index contributed by atoms with van der Waals surface area (Å²) in [5.74, 6) is 0.690. The summed E-state index contributed by atoms with van der Waals surface area (Å²) in [6, 6.07) is 6.65. The molecule has 1 unspecified atom stereocenters. The van der Waals surface area contributed by atoms with Crippen molar-refractivity contribution in [2.24, 2.45) is 17.1 Å². The Hall–Kier alpha value is -0.540. The monoisotopic (exact) mass is 324 g/mol. The van der Waals surface area contributed by atoms with E-state index in [0.717, 1.165) is 26.1 Å². The number of piperidine rings is 1. The van der Waals surface area contributed by atoms with Crippen molar-refractivity contribution in [3.63, 3.8) is 0 Å². The standard InChI is InChI=1S/C16H25BrN2/c1-12-10-14(4-5-15(12)17)19-9-7-16(2,3)13(11-19)6-8-18/h4-5,10,13H,6-9,11,18H2,1-3H3. The van der Waals surface area contributed by atoms with E-state index in [1.54, 1.807) is 0 Å². The Balaban J connectivity index is 2.16. The third kappa shape index (κ3) is 3.32. The van der Waals surface area contributed by atoms with Crippen LogP contribution in [-0.4, -0.2) is 19.6 Å². The van der Waals surface area contributed by atoms with Gasteiger partial charge in [-0.2, -0.15) is 0 Å². The van der Waals surface area contributed by atoms with E-state index < -0.39 is 0 Å². The Morgan fingerprint density at radius 3 is 2.79 bits per heavy atom. The molecule has 0 saturated carbocycles. The van der Waals surface area contributed by atoms with Crippen LogP contribution < -0.4 is 10.6 Å². The average Bonchev–Trinajstić information content (AvgIpc) is 2.35. The molecule has 1 atom stereocenters. The first-order valence-corrected chi connectivity index (χ1v) is 7.94. The van der Waals surface area contributed by atoms with E-state index in [9.17, 15) is 0 Å². The summed E-state index contributed by atoms with van der Waals surface area (Å²) in [5.41, 5.74) is 8.85. The van der Waals surface area contributed by atoms with Gasteiger partial charge in [0.15, 0.2) is 0 Å². The lowest BCUT2D eigenvalue weighted by atomic mass is 9.72. The largest absolute Gasteiger partial charge is 0.371 e. The molecule has 0 radical (unpaired) electrons. The maximum absolute atomic E-state index is 5.78. The van der Waals surface area contributed by atoms with E-state index in [4.69, 9.17) is 5.73 Å². The van der Waals surface area contributed by atoms with Gasteiger partial charge in [-0.3, -0.25) is 0 Å². The van der Waals surface area contributed by atoms with Crippen molar-refractivity contribution in [3.05, 3.63) is 28.2 Å². The van der Waals surface area contributed by atoms with Gasteiger partial charge in [-0.05, 0) is 61.4 Å². The molecular formula is C16H25BrN2. The Kier molecular flexibility index (Phi) is 4.57. The molecule has 1 aromatic rings. The zero-order valence-corrected chi connectivity index (χ0v) is 13.8. The first kappa shape index (κ1) is 14.9. The third-order valence-corrected chi connectivity index (χ3v) is 5.48. The summed E-state index contributed by atoms with van der Waals surface area (Å²) in [4.78, 5) is 2.52. The average molecular weight is 325 g/mol. The van der Waals surface area contributed by atoms with E-state index >= 15 is 0 Å². The summed E-state index contributed by atoms with van der Waals surface area (Å²) in [7, 11) is 0. The van der Waals surface area contributed by atoms with Crippen LogP contribution >= 0.6 is 15.9 Å². The first-order chi connectivity index (χ1) is 8.94. The van der Waals surface area contributed by atoms with Gasteiger partial charge in [-0.25, -0.2) is 0 Å². The molecule has 19 heavy (non-hydrogen) atoms. The van der Waals surface area contributed by atoms with Gasteiger partial charge < -0.3 is 10.6 Å². The summed E-state index contributed by atoms with van der Waals surface area (Å²) in [5, 5.41) is 0. The predicted octanol–water partition coefficient (Wildman–Crippen LogP) is 3.96. The van der Waals surface area contributed by atoms with E-state index in [2.05, 4.69) is 59.8 Å². The van der Waals surface area contributed by atoms with Crippen LogP contribution in [-0.2, 0) is 0 Å². The Bertz CT molecular complexity index is 442. The van der Waals surface area contributed by atoms with Gasteiger partial charge in [0.1, 0.15) is 0 Å². The smallest absolute Gasteiger partial charge is 0.0369 e. The van der Waals surface area contributed by atoms with Gasteiger partial charge in [0, 0.05) is 23.2 Å². The van der Waals surface area contributed by atoms with E-state index in [-0.39, 0.29) is 0 Å². The normalized spacial score (nSPS) is 22.6. The van der Waals surface area contributed by atoms with Crippen molar-refractivity contribution in [1.29, 1.82) is 0 Å². The molecule has 0 amide bonds. The second-order valence-electron chi connectivity index (χ2n) is 6.39. The highest BCUT2D eigenvalue weighted by molar-refractivity contribution is 9.10. The predicted molar refractivity (Wildman–Crippen MR) is 86.7 cm³/mol. The molecule has 2 rings (SSSR count). The Labute approximate surface area is 125 Å². The van der Waals surface area contributed by atoms with E-state index in [1.807, 2.05) is 0 Å². The Morgan fingerprint density at radius 2 is 2.16 bits per heavy atom. The molecule has 1 heterocycles. The lowest BCUT2D eigenvalue weighted by Gasteiger charge is -2.45.